The van der Waals surface area contributed by atoms with Crippen LogP contribution in [-0.2, 0) is 4.79 Å². The molecule has 1 rings (SSSR count). The molecule has 0 bridgehead atoms. The summed E-state index contributed by atoms with van der Waals surface area (Å²) >= 11 is 5.51. The van der Waals surface area contributed by atoms with Crippen molar-refractivity contribution in [3.05, 3.63) is 27.6 Å². The number of pyridine rings is 1. The third kappa shape index (κ3) is 1.59. The van der Waals surface area contributed by atoms with Gasteiger partial charge in [0.2, 0.25) is 6.41 Å². The number of aromatic amines is 1. The van der Waals surface area contributed by atoms with E-state index in [-0.39, 0.29) is 5.02 Å². The Bertz CT molecular complexity index is 321. The SMILES string of the molecule is O=CNc1cc[nH]c(=O)c1Cl. The van der Waals surface area contributed by atoms with E-state index in [1.165, 1.54) is 12.3 Å². The Hall–Kier alpha value is -1.29. The van der Waals surface area contributed by atoms with Gasteiger partial charge in [-0.1, -0.05) is 11.6 Å². The first-order chi connectivity index (χ1) is 5.25. The summed E-state index contributed by atoms with van der Waals surface area (Å²) < 4.78 is 0. The van der Waals surface area contributed by atoms with Crippen molar-refractivity contribution in [1.82, 2.24) is 4.98 Å². The maximum absolute atomic E-state index is 10.8. The van der Waals surface area contributed by atoms with Gasteiger partial charge in [-0.05, 0) is 6.07 Å². The topological polar surface area (TPSA) is 62.0 Å². The Morgan fingerprint density at radius 3 is 3.00 bits per heavy atom. The summed E-state index contributed by atoms with van der Waals surface area (Å²) in [7, 11) is 0. The minimum absolute atomic E-state index is 0.0143. The molecule has 0 spiro atoms. The van der Waals surface area contributed by atoms with Gasteiger partial charge in [-0.25, -0.2) is 0 Å². The van der Waals surface area contributed by atoms with Gasteiger partial charge < -0.3 is 10.3 Å². The number of halogens is 1. The summed E-state index contributed by atoms with van der Waals surface area (Å²) in [6.45, 7) is 0. The van der Waals surface area contributed by atoms with Crippen molar-refractivity contribution in [2.24, 2.45) is 0 Å². The number of aromatic nitrogens is 1. The number of carbonyl (C=O) groups excluding carboxylic acids is 1. The Labute approximate surface area is 67.2 Å². The van der Waals surface area contributed by atoms with Crippen LogP contribution in [0.4, 0.5) is 5.69 Å². The van der Waals surface area contributed by atoms with Gasteiger partial charge in [-0.2, -0.15) is 0 Å². The van der Waals surface area contributed by atoms with E-state index in [1.807, 2.05) is 0 Å². The van der Waals surface area contributed by atoms with Crippen LogP contribution in [0.25, 0.3) is 0 Å². The molecule has 5 heteroatoms. The number of hydrogen-bond acceptors (Lipinski definition) is 2. The zero-order chi connectivity index (χ0) is 8.27. The van der Waals surface area contributed by atoms with E-state index < -0.39 is 5.56 Å². The largest absolute Gasteiger partial charge is 0.328 e. The van der Waals surface area contributed by atoms with Gasteiger partial charge in [0, 0.05) is 6.20 Å². The van der Waals surface area contributed by atoms with Gasteiger partial charge in [0.1, 0.15) is 5.02 Å². The molecule has 1 heterocycles. The van der Waals surface area contributed by atoms with Crippen molar-refractivity contribution < 1.29 is 4.79 Å². The van der Waals surface area contributed by atoms with E-state index in [1.54, 1.807) is 0 Å². The summed E-state index contributed by atoms with van der Waals surface area (Å²) in [5.41, 5.74) is -0.107. The highest BCUT2D eigenvalue weighted by atomic mass is 35.5. The summed E-state index contributed by atoms with van der Waals surface area (Å²) in [4.78, 5) is 23.1. The number of nitrogens with one attached hydrogen (secondary N) is 2. The molecule has 0 aliphatic heterocycles. The molecule has 1 aromatic heterocycles. The van der Waals surface area contributed by atoms with Gasteiger partial charge in [0.05, 0.1) is 5.69 Å². The lowest BCUT2D eigenvalue weighted by molar-refractivity contribution is -0.105. The number of carbonyl (C=O) groups is 1. The molecule has 11 heavy (non-hydrogen) atoms. The quantitative estimate of drug-likeness (QED) is 0.642. The average molecular weight is 173 g/mol. The zero-order valence-electron chi connectivity index (χ0n) is 5.43. The van der Waals surface area contributed by atoms with Crippen molar-refractivity contribution in [2.45, 2.75) is 0 Å². The predicted molar refractivity (Wildman–Crippen MR) is 41.8 cm³/mol. The molecule has 2 N–H and O–H groups in total. The van der Waals surface area contributed by atoms with Crippen LogP contribution >= 0.6 is 11.6 Å². The molecule has 1 aromatic rings. The molecule has 0 saturated heterocycles. The van der Waals surface area contributed by atoms with Gasteiger partial charge in [0.15, 0.2) is 0 Å². The van der Waals surface area contributed by atoms with E-state index in [0.29, 0.717) is 12.1 Å². The summed E-state index contributed by atoms with van der Waals surface area (Å²) in [5.74, 6) is 0. The molecule has 58 valence electrons. The second-order valence-electron chi connectivity index (χ2n) is 1.80. The smallest absolute Gasteiger partial charge is 0.268 e. The van der Waals surface area contributed by atoms with Gasteiger partial charge in [-0.3, -0.25) is 9.59 Å². The molecular formula is C6H5ClN2O2. The van der Waals surface area contributed by atoms with Crippen LogP contribution in [0.15, 0.2) is 17.1 Å². The lowest BCUT2D eigenvalue weighted by Gasteiger charge is -1.97. The molecule has 4 nitrogen and oxygen atoms in total. The third-order valence-electron chi connectivity index (χ3n) is 1.11. The van der Waals surface area contributed by atoms with Crippen molar-refractivity contribution in [3.8, 4) is 0 Å². The van der Waals surface area contributed by atoms with Crippen LogP contribution in [0.3, 0.4) is 0 Å². The standard InChI is InChI=1S/C6H5ClN2O2/c7-5-4(9-3-10)1-2-8-6(5)11/h1-3H,(H2,8,9,10,11). The fourth-order valence-electron chi connectivity index (χ4n) is 0.634. The van der Waals surface area contributed by atoms with Crippen molar-refractivity contribution >= 4 is 23.7 Å². The lowest BCUT2D eigenvalue weighted by Crippen LogP contribution is -2.08. The van der Waals surface area contributed by atoms with Gasteiger partial charge in [-0.15, -0.1) is 0 Å². The number of rotatable bonds is 2. The summed E-state index contributed by atoms with van der Waals surface area (Å²) in [5, 5.41) is 2.27. The van der Waals surface area contributed by atoms with Crippen LogP contribution in [-0.4, -0.2) is 11.4 Å². The van der Waals surface area contributed by atoms with Crippen LogP contribution in [0, 0.1) is 0 Å². The third-order valence-corrected chi connectivity index (χ3v) is 1.49. The van der Waals surface area contributed by atoms with E-state index in [0.717, 1.165) is 0 Å². The highest BCUT2D eigenvalue weighted by Gasteiger charge is 2.00. The molecule has 0 aliphatic rings. The highest BCUT2D eigenvalue weighted by molar-refractivity contribution is 6.33. The normalized spacial score (nSPS) is 9.18. The van der Waals surface area contributed by atoms with Gasteiger partial charge >= 0.3 is 0 Å². The molecule has 0 fully saturated rings. The minimum Gasteiger partial charge on any atom is -0.328 e. The van der Waals surface area contributed by atoms with Crippen LogP contribution in [0.5, 0.6) is 0 Å². The Morgan fingerprint density at radius 2 is 2.36 bits per heavy atom. The first-order valence-electron chi connectivity index (χ1n) is 2.83. The number of anilines is 1. The second-order valence-corrected chi connectivity index (χ2v) is 2.17. The van der Waals surface area contributed by atoms with E-state index >= 15 is 0 Å². The molecule has 0 atom stereocenters. The second kappa shape index (κ2) is 3.21. The number of amides is 1. The maximum Gasteiger partial charge on any atom is 0.268 e. The van der Waals surface area contributed by atoms with E-state index in [2.05, 4.69) is 10.3 Å². The fourth-order valence-corrected chi connectivity index (χ4v) is 0.807. The Balaban J connectivity index is 3.16. The van der Waals surface area contributed by atoms with Gasteiger partial charge in [0.25, 0.3) is 5.56 Å². The maximum atomic E-state index is 10.8. The first kappa shape index (κ1) is 7.81. The average Bonchev–Trinajstić information content (AvgIpc) is 1.99. The molecule has 0 aromatic carbocycles. The monoisotopic (exact) mass is 172 g/mol. The number of hydrogen-bond donors (Lipinski definition) is 2. The molecule has 0 radical (unpaired) electrons. The number of H-pyrrole nitrogens is 1. The first-order valence-corrected chi connectivity index (χ1v) is 3.21. The highest BCUT2D eigenvalue weighted by Crippen LogP contribution is 2.13. The molecule has 0 unspecified atom stereocenters. The van der Waals surface area contributed by atoms with Crippen LogP contribution < -0.4 is 10.9 Å². The lowest BCUT2D eigenvalue weighted by atomic mass is 10.4. The summed E-state index contributed by atoms with van der Waals surface area (Å²) in [6.07, 6.45) is 1.86. The summed E-state index contributed by atoms with van der Waals surface area (Å²) in [6, 6.07) is 1.50. The fraction of sp³-hybridized carbons (Fsp3) is 0. The van der Waals surface area contributed by atoms with Crippen LogP contribution in [0.2, 0.25) is 5.02 Å². The predicted octanol–water partition coefficient (Wildman–Crippen LogP) is 0.597. The molecule has 0 saturated carbocycles. The minimum atomic E-state index is -0.418. The Morgan fingerprint density at radius 1 is 1.64 bits per heavy atom. The van der Waals surface area contributed by atoms with E-state index in [9.17, 15) is 9.59 Å². The van der Waals surface area contributed by atoms with E-state index in [4.69, 9.17) is 11.6 Å². The van der Waals surface area contributed by atoms with Crippen LogP contribution in [0.1, 0.15) is 0 Å². The molecule has 1 amide bonds. The van der Waals surface area contributed by atoms with Crippen molar-refractivity contribution in [2.75, 3.05) is 5.32 Å². The van der Waals surface area contributed by atoms with Crippen molar-refractivity contribution in [3.63, 3.8) is 0 Å². The van der Waals surface area contributed by atoms with Crippen molar-refractivity contribution in [1.29, 1.82) is 0 Å². The Kier molecular flexibility index (Phi) is 2.28. The zero-order valence-corrected chi connectivity index (χ0v) is 6.18. The molecule has 0 aliphatic carbocycles. The molecular weight excluding hydrogens is 168 g/mol.